The fraction of sp³-hybridized carbons (Fsp3) is 0.588. The molecule has 0 saturated heterocycles. The molecule has 1 aromatic rings. The van der Waals surface area contributed by atoms with E-state index in [1.165, 1.54) is 0 Å². The van der Waals surface area contributed by atoms with E-state index in [9.17, 15) is 9.90 Å². The van der Waals surface area contributed by atoms with Gasteiger partial charge in [0.15, 0.2) is 0 Å². The quantitative estimate of drug-likeness (QED) is 0.654. The third-order valence-corrected chi connectivity index (χ3v) is 3.62. The van der Waals surface area contributed by atoms with Gasteiger partial charge in [0.2, 0.25) is 5.91 Å². The molecule has 0 aliphatic carbocycles. The van der Waals surface area contributed by atoms with Gasteiger partial charge >= 0.3 is 0 Å². The zero-order valence-electron chi connectivity index (χ0n) is 13.1. The smallest absolute Gasteiger partial charge is 0.227 e. The second-order valence-electron chi connectivity index (χ2n) is 5.48. The predicted octanol–water partition coefficient (Wildman–Crippen LogP) is 3.22. The number of anilines is 1. The van der Waals surface area contributed by atoms with Gasteiger partial charge < -0.3 is 16.2 Å². The van der Waals surface area contributed by atoms with Crippen LogP contribution in [0, 0.1) is 5.92 Å². The average Bonchev–Trinajstić information content (AvgIpc) is 2.47. The minimum absolute atomic E-state index is 0.0672. The van der Waals surface area contributed by atoms with E-state index >= 15 is 0 Å². The number of carbonyl (C=O) groups is 1. The molecule has 4 heteroatoms. The Morgan fingerprint density at radius 1 is 1.24 bits per heavy atom. The van der Waals surface area contributed by atoms with Crippen LogP contribution in [0.5, 0.6) is 0 Å². The summed E-state index contributed by atoms with van der Waals surface area (Å²) >= 11 is 0. The number of hydrogen-bond acceptors (Lipinski definition) is 3. The van der Waals surface area contributed by atoms with Crippen LogP contribution in [0.2, 0.25) is 0 Å². The normalized spacial score (nSPS) is 12.4. The molecule has 1 rings (SSSR count). The summed E-state index contributed by atoms with van der Waals surface area (Å²) in [5, 5.41) is 12.9. The maximum absolute atomic E-state index is 12.3. The van der Waals surface area contributed by atoms with Crippen molar-refractivity contribution in [3.63, 3.8) is 0 Å². The third-order valence-electron chi connectivity index (χ3n) is 3.62. The first-order chi connectivity index (χ1) is 10.1. The molecule has 1 amide bonds. The van der Waals surface area contributed by atoms with Crippen molar-refractivity contribution < 1.29 is 9.90 Å². The molecule has 1 aromatic carbocycles. The van der Waals surface area contributed by atoms with Crippen LogP contribution in [-0.4, -0.2) is 17.6 Å². The van der Waals surface area contributed by atoms with Crippen molar-refractivity contribution in [2.75, 3.05) is 11.9 Å². The summed E-state index contributed by atoms with van der Waals surface area (Å²) in [6.45, 7) is 4.63. The molecule has 0 aromatic heterocycles. The molecule has 1 atom stereocenters. The van der Waals surface area contributed by atoms with Gasteiger partial charge in [0.25, 0.3) is 0 Å². The Balaban J connectivity index is 2.73. The molecular formula is C17H28N2O2. The first kappa shape index (κ1) is 17.7. The molecule has 21 heavy (non-hydrogen) atoms. The summed E-state index contributed by atoms with van der Waals surface area (Å²) in [5.41, 5.74) is 7.00. The fourth-order valence-corrected chi connectivity index (χ4v) is 2.50. The molecule has 4 nitrogen and oxygen atoms in total. The van der Waals surface area contributed by atoms with Crippen LogP contribution in [0.4, 0.5) is 5.69 Å². The second-order valence-corrected chi connectivity index (χ2v) is 5.48. The Morgan fingerprint density at radius 2 is 1.90 bits per heavy atom. The van der Waals surface area contributed by atoms with Crippen molar-refractivity contribution in [3.05, 3.63) is 29.8 Å². The standard InChI is InChI=1S/C17H28N2O2/c1-3-6-13(7-4-2)17(21)19-15-9-5-8-14(12-15)16(20)10-11-18/h5,8-9,12-13,16,20H,3-4,6-7,10-11,18H2,1-2H3,(H,19,21). The van der Waals surface area contributed by atoms with Crippen LogP contribution in [0.25, 0.3) is 0 Å². The maximum atomic E-state index is 12.3. The lowest BCUT2D eigenvalue weighted by Crippen LogP contribution is -2.22. The molecule has 0 heterocycles. The van der Waals surface area contributed by atoms with Crippen LogP contribution < -0.4 is 11.1 Å². The van der Waals surface area contributed by atoms with Gasteiger partial charge in [-0.15, -0.1) is 0 Å². The van der Waals surface area contributed by atoms with Gasteiger partial charge in [-0.1, -0.05) is 38.8 Å². The number of nitrogens with one attached hydrogen (secondary N) is 1. The lowest BCUT2D eigenvalue weighted by molar-refractivity contribution is -0.120. The first-order valence-electron chi connectivity index (χ1n) is 7.91. The lowest BCUT2D eigenvalue weighted by Gasteiger charge is -2.16. The zero-order valence-corrected chi connectivity index (χ0v) is 13.1. The van der Waals surface area contributed by atoms with Crippen LogP contribution in [0.3, 0.4) is 0 Å². The van der Waals surface area contributed by atoms with Crippen LogP contribution in [-0.2, 0) is 4.79 Å². The summed E-state index contributed by atoms with van der Waals surface area (Å²) in [7, 11) is 0. The zero-order chi connectivity index (χ0) is 15.7. The second kappa shape index (κ2) is 9.53. The van der Waals surface area contributed by atoms with E-state index in [4.69, 9.17) is 5.73 Å². The number of benzene rings is 1. The van der Waals surface area contributed by atoms with E-state index in [1.54, 1.807) is 0 Å². The minimum Gasteiger partial charge on any atom is -0.388 e. The van der Waals surface area contributed by atoms with Crippen molar-refractivity contribution in [2.24, 2.45) is 11.7 Å². The Hall–Kier alpha value is -1.39. The summed E-state index contributed by atoms with van der Waals surface area (Å²) in [6.07, 6.45) is 3.78. The highest BCUT2D eigenvalue weighted by Gasteiger charge is 2.17. The Morgan fingerprint density at radius 3 is 2.48 bits per heavy atom. The molecule has 0 aliphatic rings. The van der Waals surface area contributed by atoms with Crippen molar-refractivity contribution in [1.82, 2.24) is 0 Å². The molecule has 0 saturated carbocycles. The van der Waals surface area contributed by atoms with Gasteiger partial charge in [0, 0.05) is 11.6 Å². The van der Waals surface area contributed by atoms with Gasteiger partial charge in [0.1, 0.15) is 0 Å². The van der Waals surface area contributed by atoms with Crippen molar-refractivity contribution in [3.8, 4) is 0 Å². The van der Waals surface area contributed by atoms with Gasteiger partial charge in [-0.3, -0.25) is 4.79 Å². The molecule has 1 unspecified atom stereocenters. The largest absolute Gasteiger partial charge is 0.388 e. The number of nitrogens with two attached hydrogens (primary N) is 1. The number of aliphatic hydroxyl groups is 1. The van der Waals surface area contributed by atoms with Gasteiger partial charge in [-0.25, -0.2) is 0 Å². The minimum atomic E-state index is -0.575. The summed E-state index contributed by atoms with van der Waals surface area (Å²) in [5.74, 6) is 0.141. The van der Waals surface area contributed by atoms with Gasteiger partial charge in [0.05, 0.1) is 6.10 Å². The van der Waals surface area contributed by atoms with Crippen LogP contribution in [0.15, 0.2) is 24.3 Å². The molecule has 0 radical (unpaired) electrons. The number of aliphatic hydroxyl groups excluding tert-OH is 1. The highest BCUT2D eigenvalue weighted by atomic mass is 16.3. The predicted molar refractivity (Wildman–Crippen MR) is 87.0 cm³/mol. The van der Waals surface area contributed by atoms with E-state index in [-0.39, 0.29) is 11.8 Å². The van der Waals surface area contributed by atoms with Gasteiger partial charge in [-0.2, -0.15) is 0 Å². The third kappa shape index (κ3) is 5.86. The van der Waals surface area contributed by atoms with E-state index in [0.717, 1.165) is 36.9 Å². The Labute approximate surface area is 127 Å². The summed E-state index contributed by atoms with van der Waals surface area (Å²) in [4.78, 5) is 12.3. The molecule has 0 fully saturated rings. The number of rotatable bonds is 9. The van der Waals surface area contributed by atoms with E-state index in [0.29, 0.717) is 13.0 Å². The van der Waals surface area contributed by atoms with Crippen molar-refractivity contribution in [1.29, 1.82) is 0 Å². The van der Waals surface area contributed by atoms with E-state index < -0.39 is 6.10 Å². The van der Waals surface area contributed by atoms with E-state index in [2.05, 4.69) is 19.2 Å². The topological polar surface area (TPSA) is 75.3 Å². The maximum Gasteiger partial charge on any atom is 0.227 e. The number of hydrogen-bond donors (Lipinski definition) is 3. The SMILES string of the molecule is CCCC(CCC)C(=O)Nc1cccc(C(O)CCN)c1. The van der Waals surface area contributed by atoms with Gasteiger partial charge in [-0.05, 0) is 43.5 Å². The molecule has 118 valence electrons. The number of amides is 1. The highest BCUT2D eigenvalue weighted by molar-refractivity contribution is 5.92. The van der Waals surface area contributed by atoms with Crippen LogP contribution >= 0.6 is 0 Å². The average molecular weight is 292 g/mol. The Kier molecular flexibility index (Phi) is 8.01. The number of carbonyl (C=O) groups excluding carboxylic acids is 1. The molecular weight excluding hydrogens is 264 g/mol. The molecule has 0 bridgehead atoms. The molecule has 0 aliphatic heterocycles. The summed E-state index contributed by atoms with van der Waals surface area (Å²) in [6, 6.07) is 7.38. The monoisotopic (exact) mass is 292 g/mol. The lowest BCUT2D eigenvalue weighted by atomic mass is 9.97. The highest BCUT2D eigenvalue weighted by Crippen LogP contribution is 2.21. The van der Waals surface area contributed by atoms with Crippen LogP contribution in [0.1, 0.15) is 57.6 Å². The van der Waals surface area contributed by atoms with E-state index in [1.807, 2.05) is 24.3 Å². The molecule has 0 spiro atoms. The fourth-order valence-electron chi connectivity index (χ4n) is 2.50. The summed E-state index contributed by atoms with van der Waals surface area (Å²) < 4.78 is 0. The Bertz CT molecular complexity index is 429. The van der Waals surface area contributed by atoms with Crippen molar-refractivity contribution in [2.45, 2.75) is 52.1 Å². The molecule has 4 N–H and O–H groups in total. The first-order valence-corrected chi connectivity index (χ1v) is 7.91. The van der Waals surface area contributed by atoms with Crippen molar-refractivity contribution >= 4 is 11.6 Å².